The van der Waals surface area contributed by atoms with E-state index < -0.39 is 0 Å². The zero-order valence-electron chi connectivity index (χ0n) is 9.64. The van der Waals surface area contributed by atoms with E-state index in [0.717, 1.165) is 23.0 Å². The second-order valence-electron chi connectivity index (χ2n) is 4.19. The lowest BCUT2D eigenvalue weighted by Crippen LogP contribution is -2.03. The molecule has 0 aliphatic carbocycles. The molecule has 16 heavy (non-hydrogen) atoms. The first-order valence-electron chi connectivity index (χ1n) is 5.60. The van der Waals surface area contributed by atoms with Gasteiger partial charge >= 0.3 is 0 Å². The van der Waals surface area contributed by atoms with Gasteiger partial charge in [0.25, 0.3) is 0 Å². The molecule has 3 heteroatoms. The van der Waals surface area contributed by atoms with Gasteiger partial charge < -0.3 is 14.8 Å². The predicted molar refractivity (Wildman–Crippen MR) is 64.7 cm³/mol. The Labute approximate surface area is 94.9 Å². The van der Waals surface area contributed by atoms with E-state index in [1.807, 2.05) is 6.07 Å². The Hall–Kier alpha value is -1.48. The number of aliphatic hydroxyl groups is 1. The van der Waals surface area contributed by atoms with Crippen molar-refractivity contribution in [2.75, 3.05) is 0 Å². The quantitative estimate of drug-likeness (QED) is 0.832. The summed E-state index contributed by atoms with van der Waals surface area (Å²) in [5, 5.41) is 20.0. The van der Waals surface area contributed by atoms with E-state index in [4.69, 9.17) is 0 Å². The van der Waals surface area contributed by atoms with E-state index in [9.17, 15) is 10.2 Å². The van der Waals surface area contributed by atoms with Crippen molar-refractivity contribution in [1.29, 1.82) is 0 Å². The number of benzene rings is 1. The summed E-state index contributed by atoms with van der Waals surface area (Å²) in [7, 11) is 0. The number of aryl methyl sites for hydroxylation is 1. The number of phenols is 1. The fourth-order valence-corrected chi connectivity index (χ4v) is 2.10. The molecule has 1 atom stereocenters. The number of aromatic hydroxyl groups is 1. The molecule has 0 amide bonds. The Morgan fingerprint density at radius 3 is 2.75 bits per heavy atom. The minimum atomic E-state index is -0.343. The normalized spacial score (nSPS) is 13.2. The van der Waals surface area contributed by atoms with Crippen molar-refractivity contribution in [2.45, 2.75) is 32.9 Å². The minimum Gasteiger partial charge on any atom is -0.508 e. The molecule has 2 rings (SSSR count). The van der Waals surface area contributed by atoms with Gasteiger partial charge in [0.05, 0.1) is 11.6 Å². The molecule has 1 aromatic carbocycles. The monoisotopic (exact) mass is 219 g/mol. The third kappa shape index (κ3) is 1.91. The number of rotatable bonds is 3. The average molecular weight is 219 g/mol. The molecule has 0 saturated heterocycles. The van der Waals surface area contributed by atoms with Crippen LogP contribution in [0.1, 0.15) is 19.4 Å². The van der Waals surface area contributed by atoms with Gasteiger partial charge in [-0.2, -0.15) is 0 Å². The molecule has 86 valence electrons. The number of nitrogens with zero attached hydrogens (tertiary/aromatic N) is 1. The number of hydrogen-bond acceptors (Lipinski definition) is 2. The molecule has 3 nitrogen and oxygen atoms in total. The number of fused-ring (bicyclic) bond motifs is 1. The van der Waals surface area contributed by atoms with Gasteiger partial charge in [-0.3, -0.25) is 0 Å². The van der Waals surface area contributed by atoms with Gasteiger partial charge in [-0.15, -0.1) is 0 Å². The molecule has 0 bridgehead atoms. The number of hydrogen-bond donors (Lipinski definition) is 2. The van der Waals surface area contributed by atoms with Gasteiger partial charge in [-0.1, -0.05) is 0 Å². The summed E-state index contributed by atoms with van der Waals surface area (Å²) in [5.74, 6) is 0.281. The maximum Gasteiger partial charge on any atom is 0.117 e. The fraction of sp³-hybridized carbons (Fsp3) is 0.385. The van der Waals surface area contributed by atoms with E-state index >= 15 is 0 Å². The van der Waals surface area contributed by atoms with Crippen molar-refractivity contribution < 1.29 is 10.2 Å². The van der Waals surface area contributed by atoms with E-state index in [1.54, 1.807) is 19.1 Å². The van der Waals surface area contributed by atoms with Crippen LogP contribution < -0.4 is 0 Å². The average Bonchev–Trinajstić information content (AvgIpc) is 2.55. The lowest BCUT2D eigenvalue weighted by Gasteiger charge is -2.01. The van der Waals surface area contributed by atoms with Crippen LogP contribution >= 0.6 is 0 Å². The van der Waals surface area contributed by atoms with Crippen LogP contribution in [-0.4, -0.2) is 20.9 Å². The van der Waals surface area contributed by atoms with Crippen LogP contribution in [0.25, 0.3) is 10.9 Å². The SMILES string of the molecule is CCn1cc(CC(C)O)c2ccc(O)cc21. The van der Waals surface area contributed by atoms with Crippen molar-refractivity contribution in [3.63, 3.8) is 0 Å². The highest BCUT2D eigenvalue weighted by Gasteiger charge is 2.10. The van der Waals surface area contributed by atoms with Crippen LogP contribution in [0.15, 0.2) is 24.4 Å². The maximum atomic E-state index is 9.48. The molecular weight excluding hydrogens is 202 g/mol. The summed E-state index contributed by atoms with van der Waals surface area (Å²) in [6.45, 7) is 4.71. The largest absolute Gasteiger partial charge is 0.508 e. The van der Waals surface area contributed by atoms with Gasteiger partial charge in [-0.05, 0) is 31.5 Å². The number of aliphatic hydroxyl groups excluding tert-OH is 1. The highest BCUT2D eigenvalue weighted by atomic mass is 16.3. The molecule has 2 aromatic rings. The zero-order valence-corrected chi connectivity index (χ0v) is 9.64. The number of phenolic OH excluding ortho intramolecular Hbond substituents is 1. The van der Waals surface area contributed by atoms with E-state index in [-0.39, 0.29) is 11.9 Å². The number of aromatic nitrogens is 1. The molecule has 0 radical (unpaired) electrons. The molecule has 1 unspecified atom stereocenters. The summed E-state index contributed by atoms with van der Waals surface area (Å²) < 4.78 is 2.09. The van der Waals surface area contributed by atoms with Crippen molar-refractivity contribution in [1.82, 2.24) is 4.57 Å². The van der Waals surface area contributed by atoms with Gasteiger partial charge in [0.1, 0.15) is 5.75 Å². The van der Waals surface area contributed by atoms with Gasteiger partial charge in [0.15, 0.2) is 0 Å². The molecule has 1 aromatic heterocycles. The molecule has 0 spiro atoms. The molecule has 0 aliphatic heterocycles. The second kappa shape index (κ2) is 4.18. The van der Waals surface area contributed by atoms with Crippen molar-refractivity contribution in [3.8, 4) is 5.75 Å². The molecule has 2 N–H and O–H groups in total. The molecule has 0 fully saturated rings. The molecule has 1 heterocycles. The molecule has 0 aliphatic rings. The third-order valence-corrected chi connectivity index (χ3v) is 2.80. The Balaban J connectivity index is 2.58. The van der Waals surface area contributed by atoms with Crippen LogP contribution in [0, 0.1) is 0 Å². The second-order valence-corrected chi connectivity index (χ2v) is 4.19. The van der Waals surface area contributed by atoms with Gasteiger partial charge in [0.2, 0.25) is 0 Å². The summed E-state index contributed by atoms with van der Waals surface area (Å²) in [5.41, 5.74) is 2.16. The molecular formula is C13H17NO2. The highest BCUT2D eigenvalue weighted by molar-refractivity contribution is 5.85. The molecule has 0 saturated carbocycles. The summed E-state index contributed by atoms with van der Waals surface area (Å²) in [6, 6.07) is 5.37. The maximum absolute atomic E-state index is 9.48. The third-order valence-electron chi connectivity index (χ3n) is 2.80. The Bertz CT molecular complexity index is 500. The standard InChI is InChI=1S/C13H17NO2/c1-3-14-8-10(6-9(2)15)12-5-4-11(16)7-13(12)14/h4-5,7-9,15-16H,3,6H2,1-2H3. The highest BCUT2D eigenvalue weighted by Crippen LogP contribution is 2.26. The van der Waals surface area contributed by atoms with Crippen molar-refractivity contribution in [3.05, 3.63) is 30.0 Å². The Morgan fingerprint density at radius 2 is 2.12 bits per heavy atom. The Morgan fingerprint density at radius 1 is 1.38 bits per heavy atom. The lowest BCUT2D eigenvalue weighted by atomic mass is 10.1. The first-order chi connectivity index (χ1) is 7.61. The van der Waals surface area contributed by atoms with Crippen LogP contribution in [0.5, 0.6) is 5.75 Å². The van der Waals surface area contributed by atoms with Gasteiger partial charge in [0, 0.05) is 30.6 Å². The van der Waals surface area contributed by atoms with Crippen LogP contribution in [0.3, 0.4) is 0 Å². The van der Waals surface area contributed by atoms with E-state index in [2.05, 4.69) is 17.7 Å². The predicted octanol–water partition coefficient (Wildman–Crippen LogP) is 2.29. The summed E-state index contributed by atoms with van der Waals surface area (Å²) in [6.07, 6.45) is 2.36. The van der Waals surface area contributed by atoms with Gasteiger partial charge in [-0.25, -0.2) is 0 Å². The first-order valence-corrected chi connectivity index (χ1v) is 5.60. The smallest absolute Gasteiger partial charge is 0.117 e. The van der Waals surface area contributed by atoms with Crippen LogP contribution in [-0.2, 0) is 13.0 Å². The fourth-order valence-electron chi connectivity index (χ4n) is 2.10. The lowest BCUT2D eigenvalue weighted by molar-refractivity contribution is 0.196. The van der Waals surface area contributed by atoms with Crippen molar-refractivity contribution in [2.24, 2.45) is 0 Å². The summed E-state index contributed by atoms with van der Waals surface area (Å²) in [4.78, 5) is 0. The van der Waals surface area contributed by atoms with E-state index in [1.165, 1.54) is 0 Å². The van der Waals surface area contributed by atoms with Crippen LogP contribution in [0.4, 0.5) is 0 Å². The first kappa shape index (κ1) is 11.0. The van der Waals surface area contributed by atoms with Crippen molar-refractivity contribution >= 4 is 10.9 Å². The minimum absolute atomic E-state index is 0.281. The Kier molecular flexibility index (Phi) is 2.88. The van der Waals surface area contributed by atoms with E-state index in [0.29, 0.717) is 6.42 Å². The zero-order chi connectivity index (χ0) is 11.7. The van der Waals surface area contributed by atoms with Crippen LogP contribution in [0.2, 0.25) is 0 Å². The topological polar surface area (TPSA) is 45.4 Å². The summed E-state index contributed by atoms with van der Waals surface area (Å²) >= 11 is 0.